The number of aliphatic hydroxyl groups is 1. The summed E-state index contributed by atoms with van der Waals surface area (Å²) >= 11 is 0. The molecule has 0 aliphatic heterocycles. The number of ether oxygens (including phenoxy) is 1. The average molecular weight is 231 g/mol. The van der Waals surface area contributed by atoms with Crippen molar-refractivity contribution in [3.8, 4) is 5.75 Å². The van der Waals surface area contributed by atoms with Crippen molar-refractivity contribution in [2.45, 2.75) is 6.61 Å². The number of para-hydroxylation sites is 2. The first-order valence-electron chi connectivity index (χ1n) is 5.16. The van der Waals surface area contributed by atoms with Gasteiger partial charge in [-0.25, -0.2) is 9.97 Å². The van der Waals surface area contributed by atoms with Gasteiger partial charge in [-0.3, -0.25) is 0 Å². The minimum Gasteiger partial charge on any atom is -0.495 e. The average Bonchev–Trinajstić information content (AvgIpc) is 2.39. The third kappa shape index (κ3) is 2.70. The molecule has 0 saturated carbocycles. The molecule has 0 spiro atoms. The zero-order valence-electron chi connectivity index (χ0n) is 9.42. The lowest BCUT2D eigenvalue weighted by Crippen LogP contribution is -2.00. The molecule has 0 atom stereocenters. The van der Waals surface area contributed by atoms with Crippen LogP contribution in [0.3, 0.4) is 0 Å². The van der Waals surface area contributed by atoms with Gasteiger partial charge in [0.25, 0.3) is 0 Å². The Morgan fingerprint density at radius 3 is 2.88 bits per heavy atom. The van der Waals surface area contributed by atoms with E-state index in [1.54, 1.807) is 19.4 Å². The molecule has 0 fully saturated rings. The molecule has 0 amide bonds. The summed E-state index contributed by atoms with van der Waals surface area (Å²) < 4.78 is 5.22. The molecular weight excluding hydrogens is 218 g/mol. The van der Waals surface area contributed by atoms with E-state index in [4.69, 9.17) is 9.84 Å². The van der Waals surface area contributed by atoms with Crippen molar-refractivity contribution < 1.29 is 9.84 Å². The van der Waals surface area contributed by atoms with Crippen LogP contribution in [-0.4, -0.2) is 22.2 Å². The molecular formula is C12H13N3O2. The summed E-state index contributed by atoms with van der Waals surface area (Å²) in [5, 5.41) is 12.1. The van der Waals surface area contributed by atoms with Crippen LogP contribution in [0.2, 0.25) is 0 Å². The van der Waals surface area contributed by atoms with Crippen LogP contribution in [0.15, 0.2) is 36.5 Å². The van der Waals surface area contributed by atoms with Gasteiger partial charge < -0.3 is 15.2 Å². The highest BCUT2D eigenvalue weighted by atomic mass is 16.5. The van der Waals surface area contributed by atoms with Crippen molar-refractivity contribution in [3.63, 3.8) is 0 Å². The lowest BCUT2D eigenvalue weighted by molar-refractivity contribution is 0.271. The predicted octanol–water partition coefficient (Wildman–Crippen LogP) is 1.72. The van der Waals surface area contributed by atoms with Crippen molar-refractivity contribution in [2.24, 2.45) is 0 Å². The Bertz CT molecular complexity index is 503. The van der Waals surface area contributed by atoms with E-state index in [1.807, 2.05) is 24.3 Å². The zero-order chi connectivity index (χ0) is 12.1. The Balaban J connectivity index is 2.24. The van der Waals surface area contributed by atoms with E-state index < -0.39 is 0 Å². The minimum atomic E-state index is -0.179. The van der Waals surface area contributed by atoms with E-state index in [9.17, 15) is 0 Å². The first-order chi connectivity index (χ1) is 8.33. The van der Waals surface area contributed by atoms with Gasteiger partial charge in [-0.2, -0.15) is 0 Å². The van der Waals surface area contributed by atoms with Gasteiger partial charge in [-0.15, -0.1) is 0 Å². The van der Waals surface area contributed by atoms with Crippen LogP contribution in [0.25, 0.3) is 0 Å². The number of benzene rings is 1. The monoisotopic (exact) mass is 231 g/mol. The van der Waals surface area contributed by atoms with E-state index in [2.05, 4.69) is 15.3 Å². The van der Waals surface area contributed by atoms with Crippen molar-refractivity contribution in [3.05, 3.63) is 42.4 Å². The molecule has 0 aliphatic rings. The number of nitrogens with zero attached hydrogens (tertiary/aromatic N) is 2. The Labute approximate surface area is 99.1 Å². The van der Waals surface area contributed by atoms with Crippen LogP contribution in [0.1, 0.15) is 5.82 Å². The summed E-state index contributed by atoms with van der Waals surface area (Å²) in [4.78, 5) is 8.04. The number of aromatic nitrogens is 2. The molecule has 17 heavy (non-hydrogen) atoms. The van der Waals surface area contributed by atoms with Crippen molar-refractivity contribution in [2.75, 3.05) is 12.4 Å². The summed E-state index contributed by atoms with van der Waals surface area (Å²) in [6, 6.07) is 9.27. The number of hydrogen-bond acceptors (Lipinski definition) is 5. The summed E-state index contributed by atoms with van der Waals surface area (Å²) in [7, 11) is 1.61. The van der Waals surface area contributed by atoms with E-state index in [-0.39, 0.29) is 6.61 Å². The molecule has 88 valence electrons. The first-order valence-corrected chi connectivity index (χ1v) is 5.16. The van der Waals surface area contributed by atoms with Gasteiger partial charge in [0.15, 0.2) is 5.82 Å². The Morgan fingerprint density at radius 2 is 2.12 bits per heavy atom. The van der Waals surface area contributed by atoms with E-state index >= 15 is 0 Å². The molecule has 0 saturated heterocycles. The molecule has 1 aromatic carbocycles. The highest BCUT2D eigenvalue weighted by Crippen LogP contribution is 2.25. The van der Waals surface area contributed by atoms with E-state index in [0.717, 1.165) is 11.4 Å². The third-order valence-electron chi connectivity index (χ3n) is 2.22. The van der Waals surface area contributed by atoms with Gasteiger partial charge in [0.05, 0.1) is 12.8 Å². The maximum atomic E-state index is 8.95. The quantitative estimate of drug-likeness (QED) is 0.838. The van der Waals surface area contributed by atoms with E-state index in [0.29, 0.717) is 11.6 Å². The maximum Gasteiger partial charge on any atom is 0.156 e. The highest BCUT2D eigenvalue weighted by molar-refractivity contribution is 5.63. The standard InChI is InChI=1S/C12H13N3O2/c1-17-10-5-3-2-4-9(10)14-11-6-7-13-12(8-16)15-11/h2-7,16H,8H2,1H3,(H,13,14,15). The fourth-order valence-electron chi connectivity index (χ4n) is 1.43. The molecule has 2 rings (SSSR count). The van der Waals surface area contributed by atoms with Crippen LogP contribution < -0.4 is 10.1 Å². The highest BCUT2D eigenvalue weighted by Gasteiger charge is 2.03. The SMILES string of the molecule is COc1ccccc1Nc1ccnc(CO)n1. The number of methoxy groups -OCH3 is 1. The maximum absolute atomic E-state index is 8.95. The van der Waals surface area contributed by atoms with Gasteiger partial charge in [0.2, 0.25) is 0 Å². The van der Waals surface area contributed by atoms with Crippen LogP contribution in [-0.2, 0) is 6.61 Å². The topological polar surface area (TPSA) is 67.3 Å². The second kappa shape index (κ2) is 5.27. The van der Waals surface area contributed by atoms with Gasteiger partial charge in [0, 0.05) is 6.20 Å². The number of aliphatic hydroxyl groups excluding tert-OH is 1. The summed E-state index contributed by atoms with van der Waals surface area (Å²) in [5.74, 6) is 1.73. The lowest BCUT2D eigenvalue weighted by Gasteiger charge is -2.10. The summed E-state index contributed by atoms with van der Waals surface area (Å²) in [6.45, 7) is -0.179. The molecule has 1 aromatic heterocycles. The zero-order valence-corrected chi connectivity index (χ0v) is 9.42. The van der Waals surface area contributed by atoms with Gasteiger partial charge in [-0.1, -0.05) is 12.1 Å². The third-order valence-corrected chi connectivity index (χ3v) is 2.22. The first kappa shape index (κ1) is 11.3. The van der Waals surface area contributed by atoms with Crippen LogP contribution >= 0.6 is 0 Å². The van der Waals surface area contributed by atoms with Crippen LogP contribution in [0.4, 0.5) is 11.5 Å². The van der Waals surface area contributed by atoms with E-state index in [1.165, 1.54) is 0 Å². The molecule has 5 nitrogen and oxygen atoms in total. The molecule has 2 N–H and O–H groups in total. The number of rotatable bonds is 4. The molecule has 1 heterocycles. The summed E-state index contributed by atoms with van der Waals surface area (Å²) in [5.41, 5.74) is 0.817. The lowest BCUT2D eigenvalue weighted by atomic mass is 10.3. The number of nitrogens with one attached hydrogen (secondary N) is 1. The van der Waals surface area contributed by atoms with Gasteiger partial charge in [-0.05, 0) is 18.2 Å². The Morgan fingerprint density at radius 1 is 1.29 bits per heavy atom. The molecule has 2 aromatic rings. The Kier molecular flexibility index (Phi) is 3.52. The van der Waals surface area contributed by atoms with Crippen molar-refractivity contribution in [1.29, 1.82) is 0 Å². The van der Waals surface area contributed by atoms with Crippen LogP contribution in [0, 0.1) is 0 Å². The number of hydrogen-bond donors (Lipinski definition) is 2. The predicted molar refractivity (Wildman–Crippen MR) is 64.2 cm³/mol. The van der Waals surface area contributed by atoms with Gasteiger partial charge >= 0.3 is 0 Å². The molecule has 5 heteroatoms. The summed E-state index contributed by atoms with van der Waals surface area (Å²) in [6.07, 6.45) is 1.59. The second-order valence-electron chi connectivity index (χ2n) is 3.34. The molecule has 0 radical (unpaired) electrons. The minimum absolute atomic E-state index is 0.179. The smallest absolute Gasteiger partial charge is 0.156 e. The van der Waals surface area contributed by atoms with Crippen molar-refractivity contribution in [1.82, 2.24) is 9.97 Å². The fraction of sp³-hybridized carbons (Fsp3) is 0.167. The number of anilines is 2. The molecule has 0 bridgehead atoms. The largest absolute Gasteiger partial charge is 0.495 e. The Hall–Kier alpha value is -2.14. The van der Waals surface area contributed by atoms with Crippen LogP contribution in [0.5, 0.6) is 5.75 Å². The normalized spacial score (nSPS) is 10.0. The molecule has 0 aliphatic carbocycles. The fourth-order valence-corrected chi connectivity index (χ4v) is 1.43. The molecule has 0 unspecified atom stereocenters. The second-order valence-corrected chi connectivity index (χ2v) is 3.34. The van der Waals surface area contributed by atoms with Crippen molar-refractivity contribution >= 4 is 11.5 Å². The van der Waals surface area contributed by atoms with Gasteiger partial charge in [0.1, 0.15) is 18.2 Å².